The molecule has 0 spiro atoms. The van der Waals surface area contributed by atoms with Crippen molar-refractivity contribution in [2.45, 2.75) is 24.2 Å². The minimum Gasteiger partial charge on any atom is -0.358 e. The first-order valence-corrected chi connectivity index (χ1v) is 7.84. The highest BCUT2D eigenvalue weighted by Gasteiger charge is 2.22. The lowest BCUT2D eigenvalue weighted by atomic mass is 10.3. The Kier molecular flexibility index (Phi) is 3.81. The molecule has 4 rings (SSSR count). The average Bonchev–Trinajstić information content (AvgIpc) is 3.20. The molecule has 1 atom stereocenters. The molecular weight excluding hydrogens is 336 g/mol. The number of rotatable bonds is 3. The Morgan fingerprint density at radius 1 is 1.29 bits per heavy atom. The van der Waals surface area contributed by atoms with Crippen LogP contribution in [0.5, 0.6) is 0 Å². The van der Waals surface area contributed by atoms with E-state index in [1.807, 2.05) is 0 Å². The first kappa shape index (κ1) is 15.3. The maximum Gasteiger partial charge on any atom is 0.188 e. The van der Waals surface area contributed by atoms with E-state index >= 15 is 0 Å². The van der Waals surface area contributed by atoms with Crippen LogP contribution < -0.4 is 5.32 Å². The lowest BCUT2D eigenvalue weighted by Gasteiger charge is -2.12. The Bertz CT molecular complexity index is 910. The van der Waals surface area contributed by atoms with E-state index < -0.39 is 11.6 Å². The van der Waals surface area contributed by atoms with E-state index in [1.54, 1.807) is 10.9 Å². The van der Waals surface area contributed by atoms with E-state index in [4.69, 9.17) is 4.74 Å². The normalized spacial score (nSPS) is 17.5. The van der Waals surface area contributed by atoms with E-state index in [1.165, 1.54) is 12.1 Å². The van der Waals surface area contributed by atoms with Crippen LogP contribution in [0, 0.1) is 11.6 Å². The number of ether oxygens (including phenoxy) is 1. The van der Waals surface area contributed by atoms with Gasteiger partial charge in [-0.2, -0.15) is 0 Å². The second kappa shape index (κ2) is 5.99. The van der Waals surface area contributed by atoms with Crippen LogP contribution in [0.2, 0.25) is 0 Å². The summed E-state index contributed by atoms with van der Waals surface area (Å²) in [6.07, 6.45) is 3.29. The average molecular weight is 349 g/mol. The van der Waals surface area contributed by atoms with Crippen molar-refractivity contribution in [1.82, 2.24) is 19.5 Å². The number of anilines is 2. The fourth-order valence-electron chi connectivity index (χ4n) is 2.71. The summed E-state index contributed by atoms with van der Waals surface area (Å²) in [7, 11) is 0. The molecule has 3 aromatic rings. The molecule has 1 saturated heterocycles. The van der Waals surface area contributed by atoms with E-state index in [0.29, 0.717) is 17.8 Å². The Hall–Kier alpha value is -2.26. The number of hydrogen-bond donors (Lipinski definition) is 2. The molecule has 3 heterocycles. The van der Waals surface area contributed by atoms with Gasteiger partial charge in [0.25, 0.3) is 0 Å². The van der Waals surface area contributed by atoms with Crippen LogP contribution in [-0.4, -0.2) is 26.1 Å². The first-order valence-electron chi connectivity index (χ1n) is 7.39. The van der Waals surface area contributed by atoms with Crippen LogP contribution in [0.4, 0.5) is 20.3 Å². The molecule has 1 fully saturated rings. The zero-order chi connectivity index (χ0) is 16.7. The molecule has 24 heavy (non-hydrogen) atoms. The first-order chi connectivity index (χ1) is 11.6. The fraction of sp³-hybridized carbons (Fsp3) is 0.267. The molecule has 124 valence electrons. The molecule has 1 aliphatic heterocycles. The third-order valence-corrected chi connectivity index (χ3v) is 4.03. The molecule has 1 aromatic carbocycles. The van der Waals surface area contributed by atoms with Gasteiger partial charge in [-0.25, -0.2) is 23.7 Å². The molecular formula is C15H13F2N5OS. The van der Waals surface area contributed by atoms with Gasteiger partial charge in [-0.05, 0) is 25.0 Å². The van der Waals surface area contributed by atoms with Crippen molar-refractivity contribution in [2.24, 2.45) is 0 Å². The quantitative estimate of drug-likeness (QED) is 0.560. The Labute approximate surface area is 141 Å². The van der Waals surface area contributed by atoms with Crippen LogP contribution in [-0.2, 0) is 4.74 Å². The van der Waals surface area contributed by atoms with Crippen molar-refractivity contribution >= 4 is 35.3 Å². The number of nitrogens with one attached hydrogen (secondary N) is 1. The third-order valence-electron chi connectivity index (χ3n) is 3.83. The second-order valence-electron chi connectivity index (χ2n) is 5.39. The summed E-state index contributed by atoms with van der Waals surface area (Å²) in [6.45, 7) is 0.683. The van der Waals surface area contributed by atoms with Crippen LogP contribution in [0.25, 0.3) is 11.2 Å². The summed E-state index contributed by atoms with van der Waals surface area (Å²) < 4.78 is 34.7. The zero-order valence-corrected chi connectivity index (χ0v) is 13.3. The van der Waals surface area contributed by atoms with Crippen molar-refractivity contribution in [3.63, 3.8) is 0 Å². The minimum absolute atomic E-state index is 0.0330. The van der Waals surface area contributed by atoms with Crippen LogP contribution >= 0.6 is 12.6 Å². The molecule has 2 aromatic heterocycles. The molecule has 0 radical (unpaired) electrons. The summed E-state index contributed by atoms with van der Waals surface area (Å²) in [5, 5.41) is 2.97. The number of imidazole rings is 1. The lowest BCUT2D eigenvalue weighted by molar-refractivity contribution is 0.0592. The van der Waals surface area contributed by atoms with Gasteiger partial charge < -0.3 is 10.1 Å². The monoisotopic (exact) mass is 349 g/mol. The summed E-state index contributed by atoms with van der Waals surface area (Å²) >= 11 is 4.20. The van der Waals surface area contributed by atoms with Crippen molar-refractivity contribution in [3.05, 3.63) is 36.2 Å². The number of thiol groups is 1. The van der Waals surface area contributed by atoms with Crippen LogP contribution in [0.15, 0.2) is 29.7 Å². The van der Waals surface area contributed by atoms with Gasteiger partial charge in [0.15, 0.2) is 33.8 Å². The van der Waals surface area contributed by atoms with Gasteiger partial charge in [-0.15, -0.1) is 12.6 Å². The Morgan fingerprint density at radius 2 is 2.17 bits per heavy atom. The summed E-state index contributed by atoms with van der Waals surface area (Å²) in [6, 6.07) is 3.87. The predicted octanol–water partition coefficient (Wildman–Crippen LogP) is 3.45. The molecule has 0 aliphatic carbocycles. The van der Waals surface area contributed by atoms with Crippen molar-refractivity contribution < 1.29 is 13.5 Å². The zero-order valence-electron chi connectivity index (χ0n) is 12.4. The summed E-state index contributed by atoms with van der Waals surface area (Å²) in [5.41, 5.74) is 0.933. The van der Waals surface area contributed by atoms with Gasteiger partial charge in [0.05, 0.1) is 12.0 Å². The highest BCUT2D eigenvalue weighted by Crippen LogP contribution is 2.30. The maximum atomic E-state index is 13.9. The molecule has 0 bridgehead atoms. The summed E-state index contributed by atoms with van der Waals surface area (Å²) in [4.78, 5) is 12.7. The fourth-order valence-corrected chi connectivity index (χ4v) is 2.91. The van der Waals surface area contributed by atoms with Gasteiger partial charge >= 0.3 is 0 Å². The van der Waals surface area contributed by atoms with E-state index in [9.17, 15) is 8.78 Å². The number of aromatic nitrogens is 4. The molecule has 9 heteroatoms. The van der Waals surface area contributed by atoms with E-state index in [0.717, 1.165) is 18.9 Å². The lowest BCUT2D eigenvalue weighted by Crippen LogP contribution is -2.07. The van der Waals surface area contributed by atoms with Crippen molar-refractivity contribution in [1.29, 1.82) is 0 Å². The number of benzene rings is 1. The smallest absolute Gasteiger partial charge is 0.188 e. The maximum absolute atomic E-state index is 13.9. The Balaban J connectivity index is 1.79. The van der Waals surface area contributed by atoms with Gasteiger partial charge in [-0.1, -0.05) is 6.07 Å². The Morgan fingerprint density at radius 3 is 2.96 bits per heavy atom. The predicted molar refractivity (Wildman–Crippen MR) is 86.4 cm³/mol. The van der Waals surface area contributed by atoms with Crippen LogP contribution in [0.3, 0.4) is 0 Å². The number of fused-ring (bicyclic) bond motifs is 1. The van der Waals surface area contributed by atoms with E-state index in [2.05, 4.69) is 32.9 Å². The standard InChI is InChI=1S/C15H13F2N5OS/c16-8-3-1-4-9(11(8)17)19-13-12-14(21-15(24)20-13)22(7-18-12)10-5-2-6-23-10/h1,3-4,7,10H,2,5-6H2,(H2,19,20,21,24). The molecule has 0 saturated carbocycles. The van der Waals surface area contributed by atoms with Gasteiger partial charge in [0.1, 0.15) is 6.23 Å². The SMILES string of the molecule is Fc1cccc(Nc2nc(S)nc3c2ncn3C2CCCO2)c1F. The summed E-state index contributed by atoms with van der Waals surface area (Å²) in [5.74, 6) is -1.67. The molecule has 6 nitrogen and oxygen atoms in total. The number of halogens is 2. The number of nitrogens with zero attached hydrogens (tertiary/aromatic N) is 4. The van der Waals surface area contributed by atoms with Gasteiger partial charge in [0, 0.05) is 6.61 Å². The molecule has 1 aliphatic rings. The minimum atomic E-state index is -0.983. The largest absolute Gasteiger partial charge is 0.358 e. The highest BCUT2D eigenvalue weighted by atomic mass is 32.1. The third kappa shape index (κ3) is 2.59. The van der Waals surface area contributed by atoms with Crippen molar-refractivity contribution in [3.8, 4) is 0 Å². The van der Waals surface area contributed by atoms with Gasteiger partial charge in [-0.3, -0.25) is 4.57 Å². The molecule has 0 amide bonds. The van der Waals surface area contributed by atoms with Gasteiger partial charge in [0.2, 0.25) is 0 Å². The molecule has 1 unspecified atom stereocenters. The topological polar surface area (TPSA) is 64.9 Å². The van der Waals surface area contributed by atoms with Crippen molar-refractivity contribution in [2.75, 3.05) is 11.9 Å². The number of hydrogen-bond acceptors (Lipinski definition) is 6. The second-order valence-corrected chi connectivity index (χ2v) is 5.79. The highest BCUT2D eigenvalue weighted by molar-refractivity contribution is 7.80. The van der Waals surface area contributed by atoms with Crippen LogP contribution in [0.1, 0.15) is 19.1 Å². The molecule has 1 N–H and O–H groups in total. The van der Waals surface area contributed by atoms with E-state index in [-0.39, 0.29) is 22.9 Å².